The average Bonchev–Trinajstić information content (AvgIpc) is 2.49. The molecule has 2 unspecified atom stereocenters. The Labute approximate surface area is 124 Å². The van der Waals surface area contributed by atoms with Crippen molar-refractivity contribution in [2.24, 2.45) is 0 Å². The monoisotopic (exact) mass is 293 g/mol. The number of rotatable bonds is 4. The molecule has 20 heavy (non-hydrogen) atoms. The van der Waals surface area contributed by atoms with E-state index in [4.69, 9.17) is 5.73 Å². The van der Waals surface area contributed by atoms with Gasteiger partial charge in [0.05, 0.1) is 11.4 Å². The van der Waals surface area contributed by atoms with Crippen LogP contribution in [-0.2, 0) is 0 Å². The molecule has 1 amide bonds. The number of anilines is 2. The van der Waals surface area contributed by atoms with Gasteiger partial charge in [-0.15, -0.1) is 0 Å². The molecule has 4 N–H and O–H groups in total. The lowest BCUT2D eigenvalue weighted by Crippen LogP contribution is -2.34. The van der Waals surface area contributed by atoms with Gasteiger partial charge < -0.3 is 16.4 Å². The number of carbonyl (C=O) groups is 1. The summed E-state index contributed by atoms with van der Waals surface area (Å²) in [5, 5.41) is 6.80. The van der Waals surface area contributed by atoms with E-state index in [-0.39, 0.29) is 5.91 Å². The van der Waals surface area contributed by atoms with Crippen LogP contribution in [0.25, 0.3) is 0 Å². The summed E-state index contributed by atoms with van der Waals surface area (Å²) in [4.78, 5) is 11.7. The molecule has 2 atom stereocenters. The van der Waals surface area contributed by atoms with Gasteiger partial charge in [0, 0.05) is 23.9 Å². The summed E-state index contributed by atoms with van der Waals surface area (Å²) in [5.74, 6) is -0.0851. The third-order valence-electron chi connectivity index (χ3n) is 3.89. The largest absolute Gasteiger partial charge is 0.397 e. The Morgan fingerprint density at radius 2 is 2.10 bits per heavy atom. The maximum Gasteiger partial charge on any atom is 0.251 e. The van der Waals surface area contributed by atoms with Crippen molar-refractivity contribution in [3.63, 3.8) is 0 Å². The first-order valence-electron chi connectivity index (χ1n) is 7.06. The second-order valence-electron chi connectivity index (χ2n) is 5.19. The first kappa shape index (κ1) is 15.0. The zero-order valence-electron chi connectivity index (χ0n) is 12.1. The molecule has 1 aliphatic rings. The number of nitrogens with one attached hydrogen (secondary N) is 2. The molecule has 0 aliphatic heterocycles. The van der Waals surface area contributed by atoms with Gasteiger partial charge >= 0.3 is 0 Å². The van der Waals surface area contributed by atoms with Crippen LogP contribution in [-0.4, -0.2) is 30.5 Å². The van der Waals surface area contributed by atoms with Gasteiger partial charge in [0.1, 0.15) is 0 Å². The highest BCUT2D eigenvalue weighted by molar-refractivity contribution is 7.99. The van der Waals surface area contributed by atoms with Gasteiger partial charge in [-0.1, -0.05) is 12.8 Å². The van der Waals surface area contributed by atoms with Crippen LogP contribution < -0.4 is 16.4 Å². The minimum absolute atomic E-state index is 0.0851. The van der Waals surface area contributed by atoms with Gasteiger partial charge in [0.25, 0.3) is 5.91 Å². The molecule has 0 aromatic heterocycles. The Bertz CT molecular complexity index is 478. The lowest BCUT2D eigenvalue weighted by Gasteiger charge is -2.32. The predicted molar refractivity (Wildman–Crippen MR) is 87.4 cm³/mol. The number of amides is 1. The molecule has 1 fully saturated rings. The van der Waals surface area contributed by atoms with Crippen molar-refractivity contribution in [3.05, 3.63) is 23.8 Å². The summed E-state index contributed by atoms with van der Waals surface area (Å²) in [5.41, 5.74) is 8.24. The highest BCUT2D eigenvalue weighted by Gasteiger charge is 2.24. The normalized spacial score (nSPS) is 22.3. The molecule has 110 valence electrons. The maximum atomic E-state index is 11.7. The van der Waals surface area contributed by atoms with E-state index in [1.54, 1.807) is 19.2 Å². The predicted octanol–water partition coefficient (Wildman–Crippen LogP) is 2.71. The second kappa shape index (κ2) is 6.88. The molecule has 0 radical (unpaired) electrons. The fourth-order valence-electron chi connectivity index (χ4n) is 2.71. The van der Waals surface area contributed by atoms with E-state index in [1.807, 2.05) is 17.8 Å². The molecular formula is C15H23N3OS. The Morgan fingerprint density at radius 1 is 1.35 bits per heavy atom. The van der Waals surface area contributed by atoms with Crippen molar-refractivity contribution >= 4 is 29.0 Å². The average molecular weight is 293 g/mol. The van der Waals surface area contributed by atoms with Crippen LogP contribution in [0.15, 0.2) is 18.2 Å². The van der Waals surface area contributed by atoms with Crippen LogP contribution in [0, 0.1) is 0 Å². The summed E-state index contributed by atoms with van der Waals surface area (Å²) in [6, 6.07) is 5.83. The van der Waals surface area contributed by atoms with E-state index in [2.05, 4.69) is 16.9 Å². The first-order valence-corrected chi connectivity index (χ1v) is 8.35. The van der Waals surface area contributed by atoms with E-state index in [0.29, 0.717) is 22.5 Å². The van der Waals surface area contributed by atoms with Gasteiger partial charge in [-0.3, -0.25) is 4.79 Å². The zero-order valence-corrected chi connectivity index (χ0v) is 12.9. The SMILES string of the molecule is CNC(=O)c1ccc(N)c(NC2CCCCC2SC)c1. The molecule has 4 nitrogen and oxygen atoms in total. The fourth-order valence-corrected chi connectivity index (χ4v) is 3.65. The second-order valence-corrected chi connectivity index (χ2v) is 6.27. The Hall–Kier alpha value is -1.36. The van der Waals surface area contributed by atoms with Crippen LogP contribution >= 0.6 is 11.8 Å². The third kappa shape index (κ3) is 3.39. The van der Waals surface area contributed by atoms with Crippen molar-refractivity contribution in [1.29, 1.82) is 0 Å². The number of nitrogens with two attached hydrogens (primary N) is 1. The lowest BCUT2D eigenvalue weighted by molar-refractivity contribution is 0.0963. The highest BCUT2D eigenvalue weighted by Crippen LogP contribution is 2.31. The first-order chi connectivity index (χ1) is 9.65. The Kier molecular flexibility index (Phi) is 5.17. The van der Waals surface area contributed by atoms with Crippen LogP contribution in [0.4, 0.5) is 11.4 Å². The molecule has 0 spiro atoms. The minimum atomic E-state index is -0.0851. The van der Waals surface area contributed by atoms with E-state index in [0.717, 1.165) is 12.1 Å². The standard InChI is InChI=1S/C15H23N3OS/c1-17-15(19)10-7-8-11(16)13(9-10)18-12-5-3-4-6-14(12)20-2/h7-9,12,14,18H,3-6,16H2,1-2H3,(H,17,19). The number of benzene rings is 1. The quantitative estimate of drug-likeness (QED) is 0.747. The molecule has 1 saturated carbocycles. The third-order valence-corrected chi connectivity index (χ3v) is 5.06. The van der Waals surface area contributed by atoms with Gasteiger partial charge in [-0.05, 0) is 37.3 Å². The molecule has 1 aliphatic carbocycles. The van der Waals surface area contributed by atoms with Gasteiger partial charge in [-0.25, -0.2) is 0 Å². The molecular weight excluding hydrogens is 270 g/mol. The summed E-state index contributed by atoms with van der Waals surface area (Å²) in [6.07, 6.45) is 7.12. The van der Waals surface area contributed by atoms with Crippen molar-refractivity contribution in [3.8, 4) is 0 Å². The van der Waals surface area contributed by atoms with Gasteiger partial charge in [0.15, 0.2) is 0 Å². The van der Waals surface area contributed by atoms with Crippen molar-refractivity contribution in [2.45, 2.75) is 37.0 Å². The smallest absolute Gasteiger partial charge is 0.251 e. The molecule has 1 aromatic carbocycles. The molecule has 0 heterocycles. The molecule has 0 bridgehead atoms. The van der Waals surface area contributed by atoms with E-state index in [9.17, 15) is 4.79 Å². The molecule has 1 aromatic rings. The summed E-state index contributed by atoms with van der Waals surface area (Å²) in [7, 11) is 1.64. The van der Waals surface area contributed by atoms with E-state index < -0.39 is 0 Å². The number of carbonyl (C=O) groups excluding carboxylic acids is 1. The summed E-state index contributed by atoms with van der Waals surface area (Å²) in [6.45, 7) is 0. The fraction of sp³-hybridized carbons (Fsp3) is 0.533. The zero-order chi connectivity index (χ0) is 14.5. The van der Waals surface area contributed by atoms with Crippen LogP contribution in [0.5, 0.6) is 0 Å². The topological polar surface area (TPSA) is 67.2 Å². The summed E-state index contributed by atoms with van der Waals surface area (Å²) < 4.78 is 0. The molecule has 0 saturated heterocycles. The van der Waals surface area contributed by atoms with E-state index in [1.165, 1.54) is 19.3 Å². The Balaban J connectivity index is 2.17. The summed E-state index contributed by atoms with van der Waals surface area (Å²) >= 11 is 1.91. The van der Waals surface area contributed by atoms with Crippen molar-refractivity contribution in [2.75, 3.05) is 24.4 Å². The maximum absolute atomic E-state index is 11.7. The Morgan fingerprint density at radius 3 is 2.80 bits per heavy atom. The lowest BCUT2D eigenvalue weighted by atomic mass is 9.94. The molecule has 5 heteroatoms. The van der Waals surface area contributed by atoms with Gasteiger partial charge in [0.2, 0.25) is 0 Å². The number of thioether (sulfide) groups is 1. The van der Waals surface area contributed by atoms with Crippen LogP contribution in [0.2, 0.25) is 0 Å². The van der Waals surface area contributed by atoms with Crippen LogP contribution in [0.3, 0.4) is 0 Å². The van der Waals surface area contributed by atoms with Crippen LogP contribution in [0.1, 0.15) is 36.0 Å². The number of nitrogen functional groups attached to an aromatic ring is 1. The minimum Gasteiger partial charge on any atom is -0.397 e. The van der Waals surface area contributed by atoms with Crippen molar-refractivity contribution in [1.82, 2.24) is 5.32 Å². The number of hydrogen-bond acceptors (Lipinski definition) is 4. The number of hydrogen-bond donors (Lipinski definition) is 3. The van der Waals surface area contributed by atoms with Crippen molar-refractivity contribution < 1.29 is 4.79 Å². The van der Waals surface area contributed by atoms with E-state index >= 15 is 0 Å². The van der Waals surface area contributed by atoms with Gasteiger partial charge in [-0.2, -0.15) is 11.8 Å². The highest BCUT2D eigenvalue weighted by atomic mass is 32.2. The molecule has 2 rings (SSSR count).